The molecule has 0 bridgehead atoms. The highest BCUT2D eigenvalue weighted by Gasteiger charge is 2.23. The summed E-state index contributed by atoms with van der Waals surface area (Å²) < 4.78 is 0. The van der Waals surface area contributed by atoms with Crippen LogP contribution in [0.15, 0.2) is 36.4 Å². The second-order valence-electron chi connectivity index (χ2n) is 7.55. The quantitative estimate of drug-likeness (QED) is 0.631. The molecule has 1 aliphatic rings. The Morgan fingerprint density at radius 1 is 0.933 bits per heavy atom. The highest BCUT2D eigenvalue weighted by atomic mass is 16.1. The van der Waals surface area contributed by atoms with E-state index < -0.39 is 0 Å². The second-order valence-corrected chi connectivity index (χ2v) is 7.55. The zero-order valence-corrected chi connectivity index (χ0v) is 17.4. The van der Waals surface area contributed by atoms with Crippen LogP contribution in [0.4, 0.5) is 5.82 Å². The summed E-state index contributed by atoms with van der Waals surface area (Å²) in [7, 11) is 0. The van der Waals surface area contributed by atoms with Gasteiger partial charge in [-0.05, 0) is 38.3 Å². The summed E-state index contributed by atoms with van der Waals surface area (Å²) in [6, 6.07) is 12.2. The first-order valence-corrected chi connectivity index (χ1v) is 10.4. The van der Waals surface area contributed by atoms with Crippen molar-refractivity contribution in [1.82, 2.24) is 25.3 Å². The van der Waals surface area contributed by atoms with E-state index in [0.29, 0.717) is 37.4 Å². The minimum absolute atomic E-state index is 0.125. The van der Waals surface area contributed by atoms with E-state index in [9.17, 15) is 4.79 Å². The Morgan fingerprint density at radius 2 is 1.67 bits per heavy atom. The molecule has 0 saturated heterocycles. The van der Waals surface area contributed by atoms with Crippen LogP contribution < -0.4 is 10.6 Å². The lowest BCUT2D eigenvalue weighted by Crippen LogP contribution is -2.34. The van der Waals surface area contributed by atoms with Crippen molar-refractivity contribution in [3.05, 3.63) is 76.3 Å². The van der Waals surface area contributed by atoms with Crippen molar-refractivity contribution >= 4 is 11.7 Å². The molecule has 7 heteroatoms. The third kappa shape index (κ3) is 4.79. The lowest BCUT2D eigenvalue weighted by Gasteiger charge is -2.20. The van der Waals surface area contributed by atoms with Gasteiger partial charge in [0.2, 0.25) is 0 Å². The van der Waals surface area contributed by atoms with Gasteiger partial charge in [-0.25, -0.2) is 19.9 Å². The van der Waals surface area contributed by atoms with Crippen molar-refractivity contribution in [2.75, 3.05) is 18.4 Å². The van der Waals surface area contributed by atoms with E-state index in [1.807, 2.05) is 38.1 Å². The number of hydrogen-bond donors (Lipinski definition) is 2. The highest BCUT2D eigenvalue weighted by Crippen LogP contribution is 2.21. The molecule has 1 aromatic carbocycles. The average molecular weight is 403 g/mol. The van der Waals surface area contributed by atoms with Crippen molar-refractivity contribution in [3.63, 3.8) is 0 Å². The molecule has 7 nitrogen and oxygen atoms in total. The maximum atomic E-state index is 12.4. The molecule has 2 N–H and O–H groups in total. The average Bonchev–Trinajstić information content (AvgIpc) is 2.73. The van der Waals surface area contributed by atoms with E-state index in [0.717, 1.165) is 41.4 Å². The van der Waals surface area contributed by atoms with Crippen LogP contribution in [0, 0.1) is 13.8 Å². The molecule has 3 aromatic rings. The van der Waals surface area contributed by atoms with E-state index in [4.69, 9.17) is 4.98 Å². The van der Waals surface area contributed by atoms with Crippen LogP contribution >= 0.6 is 0 Å². The number of nitrogens with zero attached hydrogens (tertiary/aromatic N) is 4. The van der Waals surface area contributed by atoms with E-state index in [2.05, 4.69) is 37.7 Å². The van der Waals surface area contributed by atoms with E-state index in [1.165, 1.54) is 5.56 Å². The Morgan fingerprint density at radius 3 is 2.43 bits per heavy atom. The molecule has 0 saturated carbocycles. The number of amides is 1. The molecule has 3 heterocycles. The molecular weight excluding hydrogens is 376 g/mol. The maximum absolute atomic E-state index is 12.4. The van der Waals surface area contributed by atoms with Crippen molar-refractivity contribution in [2.24, 2.45) is 0 Å². The highest BCUT2D eigenvalue weighted by molar-refractivity contribution is 5.96. The number of nitrogens with one attached hydrogen (secondary N) is 2. The summed E-state index contributed by atoms with van der Waals surface area (Å²) in [6.45, 7) is 5.20. The molecule has 4 rings (SSSR count). The minimum atomic E-state index is -0.125. The topological polar surface area (TPSA) is 92.7 Å². The molecule has 0 unspecified atom stereocenters. The molecule has 0 fully saturated rings. The Kier molecular flexibility index (Phi) is 5.97. The minimum Gasteiger partial charge on any atom is -0.369 e. The molecule has 1 aliphatic heterocycles. The van der Waals surface area contributed by atoms with Crippen LogP contribution in [0.2, 0.25) is 0 Å². The van der Waals surface area contributed by atoms with Gasteiger partial charge in [-0.15, -0.1) is 0 Å². The fourth-order valence-electron chi connectivity index (χ4n) is 3.70. The summed E-state index contributed by atoms with van der Waals surface area (Å²) in [5.41, 5.74) is 4.55. The summed E-state index contributed by atoms with van der Waals surface area (Å²) in [6.07, 6.45) is 2.92. The number of anilines is 1. The van der Waals surface area contributed by atoms with Gasteiger partial charge in [-0.2, -0.15) is 0 Å². The summed E-state index contributed by atoms with van der Waals surface area (Å²) >= 11 is 0. The molecule has 2 aromatic heterocycles. The van der Waals surface area contributed by atoms with Gasteiger partial charge in [0.25, 0.3) is 5.91 Å². The van der Waals surface area contributed by atoms with Gasteiger partial charge in [-0.3, -0.25) is 4.79 Å². The van der Waals surface area contributed by atoms with Crippen LogP contribution in [0.5, 0.6) is 0 Å². The van der Waals surface area contributed by atoms with Gasteiger partial charge in [0, 0.05) is 42.9 Å². The fourth-order valence-corrected chi connectivity index (χ4v) is 3.70. The first kappa shape index (κ1) is 19.9. The third-order valence-corrected chi connectivity index (χ3v) is 5.08. The van der Waals surface area contributed by atoms with Gasteiger partial charge >= 0.3 is 0 Å². The molecule has 0 aliphatic carbocycles. The van der Waals surface area contributed by atoms with Gasteiger partial charge in [0.15, 0.2) is 0 Å². The van der Waals surface area contributed by atoms with Gasteiger partial charge in [0.1, 0.15) is 23.2 Å². The van der Waals surface area contributed by atoms with Crippen LogP contribution in [-0.4, -0.2) is 38.9 Å². The number of carbonyl (C=O) groups excluding carboxylic acids is 1. The monoisotopic (exact) mass is 402 g/mol. The maximum Gasteiger partial charge on any atom is 0.270 e. The molecule has 30 heavy (non-hydrogen) atoms. The van der Waals surface area contributed by atoms with E-state index in [-0.39, 0.29) is 5.91 Å². The number of carbonyl (C=O) groups is 1. The van der Waals surface area contributed by atoms with Gasteiger partial charge in [0.05, 0.1) is 0 Å². The van der Waals surface area contributed by atoms with Crippen LogP contribution in [0.25, 0.3) is 0 Å². The van der Waals surface area contributed by atoms with Crippen molar-refractivity contribution in [3.8, 4) is 0 Å². The first-order valence-electron chi connectivity index (χ1n) is 10.4. The summed E-state index contributed by atoms with van der Waals surface area (Å²) in [5, 5.41) is 6.29. The number of rotatable bonds is 7. The lowest BCUT2D eigenvalue weighted by atomic mass is 10.1. The standard InChI is InChI=1S/C23H26N6O/c1-15-14-16(2)27-20(26-15)11-13-24-22-18-10-12-25-23(30)21(18)28-19(29-22)9-8-17-6-4-3-5-7-17/h3-7,14H,8-13H2,1-2H3,(H,25,30)(H,24,28,29). The van der Waals surface area contributed by atoms with Gasteiger partial charge < -0.3 is 10.6 Å². The lowest BCUT2D eigenvalue weighted by molar-refractivity contribution is 0.0940. The fraction of sp³-hybridized carbons (Fsp3) is 0.348. The first-order chi connectivity index (χ1) is 14.6. The molecule has 1 amide bonds. The Balaban J connectivity index is 1.51. The normalized spacial score (nSPS) is 12.9. The Bertz CT molecular complexity index is 1030. The summed E-state index contributed by atoms with van der Waals surface area (Å²) in [4.78, 5) is 30.7. The van der Waals surface area contributed by atoms with Crippen LogP contribution in [0.1, 0.15) is 44.7 Å². The number of aromatic nitrogens is 4. The largest absolute Gasteiger partial charge is 0.369 e. The predicted molar refractivity (Wildman–Crippen MR) is 116 cm³/mol. The summed E-state index contributed by atoms with van der Waals surface area (Å²) in [5.74, 6) is 2.12. The van der Waals surface area contributed by atoms with Gasteiger partial charge in [-0.1, -0.05) is 30.3 Å². The predicted octanol–water partition coefficient (Wildman–Crippen LogP) is 2.61. The van der Waals surface area contributed by atoms with E-state index in [1.54, 1.807) is 0 Å². The number of aryl methyl sites for hydroxylation is 4. The van der Waals surface area contributed by atoms with Crippen LogP contribution in [-0.2, 0) is 25.7 Å². The zero-order valence-electron chi connectivity index (χ0n) is 17.4. The smallest absolute Gasteiger partial charge is 0.270 e. The Hall–Kier alpha value is -3.35. The van der Waals surface area contributed by atoms with Crippen molar-refractivity contribution in [2.45, 2.75) is 39.5 Å². The molecule has 154 valence electrons. The third-order valence-electron chi connectivity index (χ3n) is 5.08. The molecule has 0 atom stereocenters. The number of fused-ring (bicyclic) bond motifs is 1. The molecular formula is C23H26N6O. The Labute approximate surface area is 176 Å². The molecule has 0 spiro atoms. The van der Waals surface area contributed by atoms with Crippen LogP contribution in [0.3, 0.4) is 0 Å². The second kappa shape index (κ2) is 8.98. The number of benzene rings is 1. The zero-order chi connectivity index (χ0) is 20.9. The number of hydrogen-bond acceptors (Lipinski definition) is 6. The van der Waals surface area contributed by atoms with Crippen molar-refractivity contribution < 1.29 is 4.79 Å². The molecule has 0 radical (unpaired) electrons. The SMILES string of the molecule is Cc1cc(C)nc(CCNc2nc(CCc3ccccc3)nc3c2CCNC3=O)n1. The van der Waals surface area contributed by atoms with E-state index >= 15 is 0 Å². The van der Waals surface area contributed by atoms with Crippen molar-refractivity contribution in [1.29, 1.82) is 0 Å².